The van der Waals surface area contributed by atoms with Crippen LogP contribution in [0.5, 0.6) is 5.75 Å². The number of nitrogens with zero attached hydrogens (tertiary/aromatic N) is 2. The molecule has 3 rings (SSSR count). The van der Waals surface area contributed by atoms with Crippen LogP contribution < -0.4 is 4.74 Å². The van der Waals surface area contributed by atoms with Gasteiger partial charge in [0.2, 0.25) is 0 Å². The van der Waals surface area contributed by atoms with Gasteiger partial charge in [-0.1, -0.05) is 77.3 Å². The zero-order valence-electron chi connectivity index (χ0n) is 19.4. The predicted octanol–water partition coefficient (Wildman–Crippen LogP) is 7.78. The van der Waals surface area contributed by atoms with Gasteiger partial charge in [-0.2, -0.15) is 0 Å². The lowest BCUT2D eigenvalue weighted by Gasteiger charge is -2.28. The van der Waals surface area contributed by atoms with Crippen LogP contribution in [0.15, 0.2) is 30.6 Å². The summed E-state index contributed by atoms with van der Waals surface area (Å²) in [4.78, 5) is 8.82. The minimum absolute atomic E-state index is 0.164. The van der Waals surface area contributed by atoms with Crippen LogP contribution in [-0.4, -0.2) is 16.6 Å². The van der Waals surface area contributed by atoms with Gasteiger partial charge in [0.25, 0.3) is 0 Å². The number of hydrogen-bond acceptors (Lipinski definition) is 3. The Morgan fingerprint density at radius 3 is 2.26 bits per heavy atom. The van der Waals surface area contributed by atoms with E-state index in [4.69, 9.17) is 4.74 Å². The number of benzene rings is 1. The molecule has 1 aromatic carbocycles. The fraction of sp³-hybridized carbons (Fsp3) is 0.630. The molecule has 1 heterocycles. The molecule has 0 N–H and O–H groups in total. The molecular weight excluding hydrogens is 387 g/mol. The van der Waals surface area contributed by atoms with E-state index in [2.05, 4.69) is 23.8 Å². The van der Waals surface area contributed by atoms with Gasteiger partial charge in [0.1, 0.15) is 5.82 Å². The number of aryl methyl sites for hydroxylation is 1. The molecule has 31 heavy (non-hydrogen) atoms. The molecule has 4 heteroatoms. The van der Waals surface area contributed by atoms with E-state index in [1.165, 1.54) is 51.4 Å². The lowest BCUT2D eigenvalue weighted by molar-refractivity contribution is 0.177. The van der Waals surface area contributed by atoms with Crippen molar-refractivity contribution in [2.24, 2.45) is 11.8 Å². The molecule has 1 aromatic heterocycles. The predicted molar refractivity (Wildman–Crippen MR) is 126 cm³/mol. The first-order valence-corrected chi connectivity index (χ1v) is 12.4. The molecular formula is C27H39FN2O. The third-order valence-electron chi connectivity index (χ3n) is 6.66. The second-order valence-corrected chi connectivity index (χ2v) is 9.20. The first kappa shape index (κ1) is 23.7. The van der Waals surface area contributed by atoms with Crippen LogP contribution in [0.3, 0.4) is 0 Å². The van der Waals surface area contributed by atoms with Gasteiger partial charge in [0, 0.05) is 5.56 Å². The highest BCUT2D eigenvalue weighted by Crippen LogP contribution is 2.32. The Morgan fingerprint density at radius 2 is 1.58 bits per heavy atom. The summed E-state index contributed by atoms with van der Waals surface area (Å²) in [6.07, 6.45) is 18.2. The molecule has 0 radical (unpaired) electrons. The molecule has 0 bridgehead atoms. The van der Waals surface area contributed by atoms with Crippen molar-refractivity contribution >= 4 is 0 Å². The summed E-state index contributed by atoms with van der Waals surface area (Å²) in [5, 5.41) is 0. The molecule has 0 unspecified atom stereocenters. The molecule has 1 aliphatic rings. The standard InChI is InChI=1S/C27H39FN2O/c1-3-5-7-9-21-11-13-22(14-12-21)20-31-25-18-29-27(30-19-25)24-16-15-23(26(28)17-24)10-8-6-4-2/h15-19,21-22H,3-14,20H2,1-2H3. The highest BCUT2D eigenvalue weighted by molar-refractivity contribution is 5.55. The molecule has 170 valence electrons. The number of halogens is 1. The molecule has 0 spiro atoms. The number of ether oxygens (including phenoxy) is 1. The molecule has 1 saturated carbocycles. The van der Waals surface area contributed by atoms with Crippen LogP contribution in [0.4, 0.5) is 4.39 Å². The van der Waals surface area contributed by atoms with E-state index < -0.39 is 0 Å². The van der Waals surface area contributed by atoms with Crippen molar-refractivity contribution in [2.45, 2.75) is 90.9 Å². The van der Waals surface area contributed by atoms with Crippen molar-refractivity contribution in [1.82, 2.24) is 9.97 Å². The molecule has 0 saturated heterocycles. The van der Waals surface area contributed by atoms with Crippen LogP contribution in [0.1, 0.15) is 90.0 Å². The van der Waals surface area contributed by atoms with Gasteiger partial charge in [-0.15, -0.1) is 0 Å². The summed E-state index contributed by atoms with van der Waals surface area (Å²) >= 11 is 0. The Labute approximate surface area is 187 Å². The second-order valence-electron chi connectivity index (χ2n) is 9.20. The van der Waals surface area contributed by atoms with E-state index >= 15 is 0 Å². The third-order valence-corrected chi connectivity index (χ3v) is 6.66. The second kappa shape index (κ2) is 12.8. The zero-order chi connectivity index (χ0) is 21.9. The largest absolute Gasteiger partial charge is 0.490 e. The number of aromatic nitrogens is 2. The maximum Gasteiger partial charge on any atom is 0.159 e. The van der Waals surface area contributed by atoms with Crippen LogP contribution >= 0.6 is 0 Å². The van der Waals surface area contributed by atoms with Gasteiger partial charge in [-0.25, -0.2) is 14.4 Å². The van der Waals surface area contributed by atoms with Crippen molar-refractivity contribution in [3.05, 3.63) is 42.0 Å². The molecule has 0 aliphatic heterocycles. The van der Waals surface area contributed by atoms with Crippen LogP contribution in [0.2, 0.25) is 0 Å². The summed E-state index contributed by atoms with van der Waals surface area (Å²) < 4.78 is 20.4. The van der Waals surface area contributed by atoms with Crippen LogP contribution in [0.25, 0.3) is 11.4 Å². The van der Waals surface area contributed by atoms with E-state index in [0.717, 1.165) is 43.8 Å². The Balaban J connectivity index is 1.45. The average Bonchev–Trinajstić information content (AvgIpc) is 2.80. The molecule has 0 atom stereocenters. The fourth-order valence-electron chi connectivity index (χ4n) is 4.58. The van der Waals surface area contributed by atoms with Crippen LogP contribution in [-0.2, 0) is 6.42 Å². The lowest BCUT2D eigenvalue weighted by atomic mass is 9.80. The highest BCUT2D eigenvalue weighted by atomic mass is 19.1. The summed E-state index contributed by atoms with van der Waals surface area (Å²) in [6.45, 7) is 5.17. The first-order valence-electron chi connectivity index (χ1n) is 12.4. The number of unbranched alkanes of at least 4 members (excludes halogenated alkanes) is 4. The van der Waals surface area contributed by atoms with Gasteiger partial charge in [-0.05, 0) is 49.1 Å². The third kappa shape index (κ3) is 7.59. The molecule has 3 nitrogen and oxygen atoms in total. The van der Waals surface area contributed by atoms with Crippen molar-refractivity contribution in [2.75, 3.05) is 6.61 Å². The topological polar surface area (TPSA) is 35.0 Å². The number of rotatable bonds is 12. The quantitative estimate of drug-likeness (QED) is 0.325. The van der Waals surface area contributed by atoms with E-state index in [0.29, 0.717) is 23.1 Å². The van der Waals surface area contributed by atoms with Gasteiger partial charge in [-0.3, -0.25) is 0 Å². The molecule has 1 aliphatic carbocycles. The van der Waals surface area contributed by atoms with Crippen molar-refractivity contribution in [1.29, 1.82) is 0 Å². The van der Waals surface area contributed by atoms with Gasteiger partial charge < -0.3 is 4.74 Å². The molecule has 0 amide bonds. The van der Waals surface area contributed by atoms with E-state index in [-0.39, 0.29) is 5.82 Å². The lowest BCUT2D eigenvalue weighted by Crippen LogP contribution is -2.20. The maximum atomic E-state index is 14.4. The van der Waals surface area contributed by atoms with Crippen molar-refractivity contribution < 1.29 is 9.13 Å². The summed E-state index contributed by atoms with van der Waals surface area (Å²) in [5.41, 5.74) is 1.49. The van der Waals surface area contributed by atoms with Crippen LogP contribution in [0, 0.1) is 17.7 Å². The molecule has 2 aromatic rings. The summed E-state index contributed by atoms with van der Waals surface area (Å²) in [6, 6.07) is 5.34. The summed E-state index contributed by atoms with van der Waals surface area (Å²) in [7, 11) is 0. The van der Waals surface area contributed by atoms with Crippen molar-refractivity contribution in [3.8, 4) is 17.1 Å². The normalized spacial score (nSPS) is 18.8. The SMILES string of the molecule is CCCCCc1ccc(-c2ncc(OCC3CCC(CCCCC)CC3)cn2)cc1F. The van der Waals surface area contributed by atoms with E-state index in [9.17, 15) is 4.39 Å². The Hall–Kier alpha value is -1.97. The monoisotopic (exact) mass is 426 g/mol. The fourth-order valence-corrected chi connectivity index (χ4v) is 4.58. The minimum atomic E-state index is -0.164. The van der Waals surface area contributed by atoms with E-state index in [1.807, 2.05) is 12.1 Å². The van der Waals surface area contributed by atoms with Crippen molar-refractivity contribution in [3.63, 3.8) is 0 Å². The highest BCUT2D eigenvalue weighted by Gasteiger charge is 2.21. The Kier molecular flexibility index (Phi) is 9.77. The Bertz CT molecular complexity index is 769. The minimum Gasteiger partial charge on any atom is -0.490 e. The first-order chi connectivity index (χ1) is 15.2. The van der Waals surface area contributed by atoms with Gasteiger partial charge in [0.15, 0.2) is 11.6 Å². The smallest absolute Gasteiger partial charge is 0.159 e. The summed E-state index contributed by atoms with van der Waals surface area (Å²) in [5.74, 6) is 2.63. The van der Waals surface area contributed by atoms with Gasteiger partial charge in [0.05, 0.1) is 19.0 Å². The average molecular weight is 427 g/mol. The number of hydrogen-bond donors (Lipinski definition) is 0. The molecule has 1 fully saturated rings. The zero-order valence-corrected chi connectivity index (χ0v) is 19.4. The maximum absolute atomic E-state index is 14.4. The van der Waals surface area contributed by atoms with E-state index in [1.54, 1.807) is 18.5 Å². The Morgan fingerprint density at radius 1 is 0.903 bits per heavy atom. The van der Waals surface area contributed by atoms with Gasteiger partial charge >= 0.3 is 0 Å².